The molecule has 0 saturated carbocycles. The van der Waals surface area contributed by atoms with E-state index in [4.69, 9.17) is 5.11 Å². The van der Waals surface area contributed by atoms with Crippen molar-refractivity contribution in [3.8, 4) is 0 Å². The Bertz CT molecular complexity index is 565. The third-order valence-corrected chi connectivity index (χ3v) is 3.48. The van der Waals surface area contributed by atoms with Crippen molar-refractivity contribution in [1.29, 1.82) is 0 Å². The number of amides is 2. The van der Waals surface area contributed by atoms with E-state index in [-0.39, 0.29) is 11.7 Å². The number of halogens is 1. The quantitative estimate of drug-likeness (QED) is 0.746. The van der Waals surface area contributed by atoms with Crippen LogP contribution in [0, 0.1) is 5.82 Å². The van der Waals surface area contributed by atoms with E-state index in [2.05, 4.69) is 10.6 Å². The Morgan fingerprint density at radius 3 is 2.62 bits per heavy atom. The summed E-state index contributed by atoms with van der Waals surface area (Å²) in [6.07, 6.45) is 2.14. The van der Waals surface area contributed by atoms with E-state index in [1.807, 2.05) is 0 Å². The Hall–Kier alpha value is -1.96. The molecule has 1 aromatic rings. The van der Waals surface area contributed by atoms with Crippen molar-refractivity contribution >= 4 is 28.5 Å². The summed E-state index contributed by atoms with van der Waals surface area (Å²) in [5.74, 6) is -1.82. The summed E-state index contributed by atoms with van der Waals surface area (Å²) in [6.45, 7) is 1.76. The van der Waals surface area contributed by atoms with E-state index in [0.29, 0.717) is 12.2 Å². The minimum atomic E-state index is -1.37. The van der Waals surface area contributed by atoms with Gasteiger partial charge >= 0.3 is 12.0 Å². The van der Waals surface area contributed by atoms with Crippen LogP contribution in [0.5, 0.6) is 0 Å². The number of hydrogen-bond donors (Lipinski definition) is 3. The number of carboxylic acid groups (broad SMARTS) is 1. The van der Waals surface area contributed by atoms with Crippen molar-refractivity contribution in [2.75, 3.05) is 17.3 Å². The van der Waals surface area contributed by atoms with Gasteiger partial charge in [-0.25, -0.2) is 14.0 Å². The molecular formula is C13H17FN2O4S. The molecule has 1 rings (SSSR count). The Kier molecular flexibility index (Phi) is 6.29. The zero-order valence-corrected chi connectivity index (χ0v) is 12.5. The standard InChI is InChI=1S/C13H17FN2O4S/c1-8(5-6-21(2)20)15-13(19)16-9-3-4-10(12(17)18)11(14)7-9/h3-4,7-8H,5-6H2,1-2H3,(H,17,18)(H2,15,16,19). The number of carbonyl (C=O) groups excluding carboxylic acids is 1. The molecule has 116 valence electrons. The van der Waals surface area contributed by atoms with Crippen LogP contribution in [0.2, 0.25) is 0 Å². The van der Waals surface area contributed by atoms with Gasteiger partial charge in [-0.15, -0.1) is 0 Å². The van der Waals surface area contributed by atoms with Crippen LogP contribution in [0.25, 0.3) is 0 Å². The Morgan fingerprint density at radius 2 is 2.10 bits per heavy atom. The molecule has 2 atom stereocenters. The van der Waals surface area contributed by atoms with E-state index < -0.39 is 34.2 Å². The van der Waals surface area contributed by atoms with E-state index in [0.717, 1.165) is 12.1 Å². The Labute approximate surface area is 124 Å². The molecule has 0 spiro atoms. The fourth-order valence-electron chi connectivity index (χ4n) is 1.57. The van der Waals surface area contributed by atoms with Gasteiger partial charge in [-0.1, -0.05) is 0 Å². The first-order chi connectivity index (χ1) is 9.79. The number of aromatic carboxylic acids is 1. The van der Waals surface area contributed by atoms with Crippen LogP contribution < -0.4 is 10.6 Å². The van der Waals surface area contributed by atoms with Gasteiger partial charge in [0.05, 0.1) is 5.56 Å². The first-order valence-corrected chi connectivity index (χ1v) is 7.92. The van der Waals surface area contributed by atoms with Gasteiger partial charge in [0.2, 0.25) is 0 Å². The summed E-state index contributed by atoms with van der Waals surface area (Å²) in [5, 5.41) is 13.7. The highest BCUT2D eigenvalue weighted by atomic mass is 32.2. The van der Waals surface area contributed by atoms with E-state index in [9.17, 15) is 18.2 Å². The highest BCUT2D eigenvalue weighted by molar-refractivity contribution is 7.84. The topological polar surface area (TPSA) is 95.5 Å². The Balaban J connectivity index is 2.57. The number of urea groups is 1. The molecule has 6 nitrogen and oxygen atoms in total. The van der Waals surface area contributed by atoms with Gasteiger partial charge in [0.15, 0.2) is 0 Å². The summed E-state index contributed by atoms with van der Waals surface area (Å²) < 4.78 is 24.4. The molecule has 0 aliphatic rings. The van der Waals surface area contributed by atoms with E-state index in [1.165, 1.54) is 6.07 Å². The van der Waals surface area contributed by atoms with Crippen molar-refractivity contribution in [2.24, 2.45) is 0 Å². The highest BCUT2D eigenvalue weighted by Crippen LogP contribution is 2.14. The number of benzene rings is 1. The summed E-state index contributed by atoms with van der Waals surface area (Å²) in [6, 6.07) is 2.60. The number of hydrogen-bond acceptors (Lipinski definition) is 3. The molecule has 2 amide bonds. The average Bonchev–Trinajstić information content (AvgIpc) is 2.35. The lowest BCUT2D eigenvalue weighted by molar-refractivity contribution is 0.0692. The molecular weight excluding hydrogens is 299 g/mol. The zero-order valence-electron chi connectivity index (χ0n) is 11.7. The maximum Gasteiger partial charge on any atom is 0.338 e. The fraction of sp³-hybridized carbons (Fsp3) is 0.385. The lowest BCUT2D eigenvalue weighted by Gasteiger charge is -2.14. The fourth-order valence-corrected chi connectivity index (χ4v) is 2.26. The number of anilines is 1. The smallest absolute Gasteiger partial charge is 0.338 e. The first kappa shape index (κ1) is 17.1. The summed E-state index contributed by atoms with van der Waals surface area (Å²) >= 11 is 0. The lowest BCUT2D eigenvalue weighted by atomic mass is 10.2. The maximum absolute atomic E-state index is 13.4. The first-order valence-electron chi connectivity index (χ1n) is 6.20. The molecule has 8 heteroatoms. The minimum Gasteiger partial charge on any atom is -0.478 e. The van der Waals surface area contributed by atoms with Gasteiger partial charge in [-0.3, -0.25) is 4.21 Å². The van der Waals surface area contributed by atoms with Gasteiger partial charge < -0.3 is 15.7 Å². The number of rotatable bonds is 6. The van der Waals surface area contributed by atoms with Gasteiger partial charge in [0, 0.05) is 34.5 Å². The van der Waals surface area contributed by atoms with Gasteiger partial charge in [-0.2, -0.15) is 0 Å². The van der Waals surface area contributed by atoms with Crippen LogP contribution in [-0.4, -0.2) is 39.4 Å². The average molecular weight is 316 g/mol. The second-order valence-corrected chi connectivity index (χ2v) is 6.12. The molecule has 0 aromatic heterocycles. The zero-order chi connectivity index (χ0) is 16.0. The van der Waals surface area contributed by atoms with Crippen LogP contribution in [0.1, 0.15) is 23.7 Å². The SMILES string of the molecule is CC(CCS(C)=O)NC(=O)Nc1ccc(C(=O)O)c(F)c1. The summed E-state index contributed by atoms with van der Waals surface area (Å²) in [7, 11) is -0.926. The monoisotopic (exact) mass is 316 g/mol. The molecule has 21 heavy (non-hydrogen) atoms. The van der Waals surface area contributed by atoms with Crippen molar-refractivity contribution < 1.29 is 23.3 Å². The van der Waals surface area contributed by atoms with Crippen molar-refractivity contribution in [2.45, 2.75) is 19.4 Å². The van der Waals surface area contributed by atoms with Crippen LogP contribution in [-0.2, 0) is 10.8 Å². The van der Waals surface area contributed by atoms with Crippen molar-refractivity contribution in [1.82, 2.24) is 5.32 Å². The third kappa shape index (κ3) is 5.90. The molecule has 1 aromatic carbocycles. The predicted octanol–water partition coefficient (Wildman–Crippen LogP) is 1.80. The van der Waals surface area contributed by atoms with Gasteiger partial charge in [0.1, 0.15) is 5.82 Å². The number of nitrogens with one attached hydrogen (secondary N) is 2. The molecule has 0 heterocycles. The second kappa shape index (κ2) is 7.72. The summed E-state index contributed by atoms with van der Waals surface area (Å²) in [4.78, 5) is 22.3. The largest absolute Gasteiger partial charge is 0.478 e. The van der Waals surface area contributed by atoms with Crippen LogP contribution in [0.15, 0.2) is 18.2 Å². The molecule has 2 unspecified atom stereocenters. The van der Waals surface area contributed by atoms with Crippen LogP contribution >= 0.6 is 0 Å². The highest BCUT2D eigenvalue weighted by Gasteiger charge is 2.12. The molecule has 0 bridgehead atoms. The minimum absolute atomic E-state index is 0.154. The lowest BCUT2D eigenvalue weighted by Crippen LogP contribution is -2.36. The molecule has 0 radical (unpaired) electrons. The molecule has 0 fully saturated rings. The van der Waals surface area contributed by atoms with Crippen LogP contribution in [0.3, 0.4) is 0 Å². The number of carboxylic acids is 1. The predicted molar refractivity (Wildman–Crippen MR) is 78.5 cm³/mol. The van der Waals surface area contributed by atoms with E-state index >= 15 is 0 Å². The van der Waals surface area contributed by atoms with Gasteiger partial charge in [-0.05, 0) is 31.5 Å². The molecule has 0 aliphatic heterocycles. The van der Waals surface area contributed by atoms with Crippen molar-refractivity contribution in [3.63, 3.8) is 0 Å². The van der Waals surface area contributed by atoms with Gasteiger partial charge in [0.25, 0.3) is 0 Å². The molecule has 0 aliphatic carbocycles. The Morgan fingerprint density at radius 1 is 1.43 bits per heavy atom. The van der Waals surface area contributed by atoms with Crippen LogP contribution in [0.4, 0.5) is 14.9 Å². The second-order valence-electron chi connectivity index (χ2n) is 4.57. The maximum atomic E-state index is 13.4. The number of carbonyl (C=O) groups is 2. The molecule has 0 saturated heterocycles. The van der Waals surface area contributed by atoms with E-state index in [1.54, 1.807) is 13.2 Å². The normalized spacial score (nSPS) is 13.3. The summed E-state index contributed by atoms with van der Waals surface area (Å²) in [5.41, 5.74) is -0.305. The molecule has 3 N–H and O–H groups in total. The van der Waals surface area contributed by atoms with Crippen molar-refractivity contribution in [3.05, 3.63) is 29.6 Å². The third-order valence-electron chi connectivity index (χ3n) is 2.67.